The van der Waals surface area contributed by atoms with Crippen molar-refractivity contribution in [3.05, 3.63) is 0 Å². The summed E-state index contributed by atoms with van der Waals surface area (Å²) in [6, 6.07) is 0. The van der Waals surface area contributed by atoms with Crippen LogP contribution in [0.1, 0.15) is 0 Å². The van der Waals surface area contributed by atoms with E-state index in [-0.39, 0.29) is 59.4 Å². The van der Waals surface area contributed by atoms with Gasteiger partial charge in [0.25, 0.3) is 0 Å². The minimum absolute atomic E-state index is 0. The Labute approximate surface area is 87.8 Å². The van der Waals surface area contributed by atoms with Gasteiger partial charge >= 0.3 is 10.4 Å². The van der Waals surface area contributed by atoms with Crippen molar-refractivity contribution in [2.75, 3.05) is 0 Å². The molecule has 0 atom stereocenters. The van der Waals surface area contributed by atoms with Gasteiger partial charge < -0.3 is 38.3 Å². The number of hydrogen-bond acceptors (Lipinski definition) is 2. The molecule has 13 heavy (non-hydrogen) atoms. The Bertz CT molecular complexity index is 93.3. The maximum absolute atomic E-state index is 8.74. The molecule has 0 aromatic carbocycles. The Kier molecular flexibility index (Phi) is 333. The van der Waals surface area contributed by atoms with E-state index in [0.29, 0.717) is 0 Å². The van der Waals surface area contributed by atoms with Crippen LogP contribution in [0.3, 0.4) is 0 Å². The summed E-state index contributed by atoms with van der Waals surface area (Å²) in [7, 11) is -4.67. The summed E-state index contributed by atoms with van der Waals surface area (Å²) in [5.41, 5.74) is 0. The first kappa shape index (κ1) is 109. The minimum atomic E-state index is -4.67. The van der Waals surface area contributed by atoms with Gasteiger partial charge in [-0.1, -0.05) is 0 Å². The third-order valence-electron chi connectivity index (χ3n) is 0. The average molecular weight is 320 g/mol. The molecule has 0 aliphatic rings. The molecule has 0 saturated carbocycles. The van der Waals surface area contributed by atoms with Crippen LogP contribution >= 0.6 is 0 Å². The summed E-state index contributed by atoms with van der Waals surface area (Å²) in [6.45, 7) is 0. The summed E-state index contributed by atoms with van der Waals surface area (Å²) in [4.78, 5) is 0. The molecule has 0 unspecified atom stereocenters. The van der Waals surface area contributed by atoms with Gasteiger partial charge in [0.1, 0.15) is 0 Å². The van der Waals surface area contributed by atoms with Crippen LogP contribution < -0.4 is 0 Å². The second-order valence-corrected chi connectivity index (χ2v) is 1.34. The van der Waals surface area contributed by atoms with E-state index in [0.717, 1.165) is 0 Å². The molecule has 16 N–H and O–H groups in total. The fourth-order valence-corrected chi connectivity index (χ4v) is 0. The Morgan fingerprint density at radius 3 is 0.615 bits per heavy atom. The molecule has 11 nitrogen and oxygen atoms in total. The summed E-state index contributed by atoms with van der Waals surface area (Å²) in [5.74, 6) is 0. The molecule has 0 aromatic rings. The molecule has 0 spiro atoms. The van der Waals surface area contributed by atoms with Gasteiger partial charge in [0.05, 0.1) is 0 Å². The van der Waals surface area contributed by atoms with Gasteiger partial charge in [0, 0.05) is 21.1 Å². The van der Waals surface area contributed by atoms with E-state index < -0.39 is 10.4 Å². The zero-order valence-electron chi connectivity index (χ0n) is 6.03. The van der Waals surface area contributed by atoms with Crippen molar-refractivity contribution in [1.82, 2.24) is 0 Å². The molecule has 94 valence electrons. The van der Waals surface area contributed by atoms with Crippen molar-refractivity contribution < 1.29 is 76.9 Å². The van der Waals surface area contributed by atoms with Gasteiger partial charge in [0.15, 0.2) is 0 Å². The molecule has 0 rings (SSSR count). The largest absolute Gasteiger partial charge is 0.412 e. The van der Waals surface area contributed by atoms with Gasteiger partial charge in [-0.2, -0.15) is 8.42 Å². The Balaban J connectivity index is -0.00000000286. The summed E-state index contributed by atoms with van der Waals surface area (Å²) in [5, 5.41) is 0. The van der Waals surface area contributed by atoms with Crippen LogP contribution in [0, 0.1) is 0 Å². The predicted octanol–water partition coefficient (Wildman–Crippen LogP) is -6.43. The maximum Gasteiger partial charge on any atom is 0.394 e. The molecule has 0 aliphatic carbocycles. The van der Waals surface area contributed by atoms with Gasteiger partial charge in [-0.3, -0.25) is 9.11 Å². The quantitative estimate of drug-likeness (QED) is 0.324. The third-order valence-corrected chi connectivity index (χ3v) is 0. The van der Waals surface area contributed by atoms with Crippen molar-refractivity contribution in [1.29, 1.82) is 0 Å². The Morgan fingerprint density at radius 1 is 0.615 bits per heavy atom. The summed E-state index contributed by atoms with van der Waals surface area (Å²) < 4.78 is 31.6. The van der Waals surface area contributed by atoms with E-state index in [1.54, 1.807) is 0 Å². The SMILES string of the molecule is O.O.O.O.O.O.O.O=S(=O)(O)O.[Mo]. The molecule has 0 amide bonds. The van der Waals surface area contributed by atoms with Gasteiger partial charge in [-0.25, -0.2) is 0 Å². The molecule has 0 radical (unpaired) electrons. The first-order valence-corrected chi connectivity index (χ1v) is 2.10. The van der Waals surface area contributed by atoms with Crippen LogP contribution in [0.4, 0.5) is 0 Å². The topological polar surface area (TPSA) is 295 Å². The average Bonchev–Trinajstić information content (AvgIpc) is 0.722. The van der Waals surface area contributed by atoms with E-state index in [1.165, 1.54) is 0 Å². The zero-order chi connectivity index (χ0) is 4.50. The van der Waals surface area contributed by atoms with E-state index in [4.69, 9.17) is 17.5 Å². The van der Waals surface area contributed by atoms with Crippen LogP contribution in [-0.4, -0.2) is 55.9 Å². The Morgan fingerprint density at radius 2 is 0.615 bits per heavy atom. The zero-order valence-corrected chi connectivity index (χ0v) is 8.85. The monoisotopic (exact) mass is 322 g/mol. The standard InChI is InChI=1S/Mo.H2O4S.7H2O/c;1-5(2,3)4;;;;;;;/h;(H2,1,2,3,4);7*1H2. The third kappa shape index (κ3) is 16700. The van der Waals surface area contributed by atoms with Gasteiger partial charge in [0.2, 0.25) is 0 Å². The van der Waals surface area contributed by atoms with E-state index >= 15 is 0 Å². The van der Waals surface area contributed by atoms with Crippen LogP contribution in [0.5, 0.6) is 0 Å². The number of hydrogen-bond donors (Lipinski definition) is 2. The molecule has 0 saturated heterocycles. The van der Waals surface area contributed by atoms with Gasteiger partial charge in [-0.05, 0) is 0 Å². The van der Waals surface area contributed by atoms with Crippen molar-refractivity contribution >= 4 is 10.4 Å². The fourth-order valence-electron chi connectivity index (χ4n) is 0. The second kappa shape index (κ2) is 39.6. The normalized spacial score (nSPS) is 4.46. The molecule has 0 bridgehead atoms. The first-order chi connectivity index (χ1) is 2.00. The molecular formula is H16MoO11S. The first-order valence-electron chi connectivity index (χ1n) is 0.698. The minimum Gasteiger partial charge on any atom is -0.412 e. The molecule has 13 heteroatoms. The van der Waals surface area contributed by atoms with Crippen molar-refractivity contribution in [3.8, 4) is 0 Å². The van der Waals surface area contributed by atoms with E-state index in [1.807, 2.05) is 0 Å². The molecule has 0 fully saturated rings. The maximum atomic E-state index is 8.74. The van der Waals surface area contributed by atoms with Crippen molar-refractivity contribution in [2.24, 2.45) is 0 Å². The molecule has 0 heterocycles. The van der Waals surface area contributed by atoms with Gasteiger partial charge in [-0.15, -0.1) is 0 Å². The van der Waals surface area contributed by atoms with E-state index in [9.17, 15) is 0 Å². The summed E-state index contributed by atoms with van der Waals surface area (Å²) in [6.07, 6.45) is 0. The molecule has 0 aromatic heterocycles. The Hall–Kier alpha value is 0.278. The smallest absolute Gasteiger partial charge is 0.394 e. The van der Waals surface area contributed by atoms with Crippen LogP contribution in [-0.2, 0) is 31.5 Å². The molecular weight excluding hydrogens is 304 g/mol. The van der Waals surface area contributed by atoms with Crippen LogP contribution in [0.15, 0.2) is 0 Å². The van der Waals surface area contributed by atoms with E-state index in [2.05, 4.69) is 0 Å². The van der Waals surface area contributed by atoms with Crippen molar-refractivity contribution in [3.63, 3.8) is 0 Å². The number of rotatable bonds is 0. The van der Waals surface area contributed by atoms with Crippen molar-refractivity contribution in [2.45, 2.75) is 0 Å². The molecule has 0 aliphatic heterocycles. The van der Waals surface area contributed by atoms with Crippen LogP contribution in [0.25, 0.3) is 0 Å². The second-order valence-electron chi connectivity index (χ2n) is 0.448. The van der Waals surface area contributed by atoms with Crippen LogP contribution in [0.2, 0.25) is 0 Å². The summed E-state index contributed by atoms with van der Waals surface area (Å²) >= 11 is 0. The predicted molar refractivity (Wildman–Crippen MR) is 39.5 cm³/mol. The fraction of sp³-hybridized carbons (Fsp3) is 0.